The Morgan fingerprint density at radius 1 is 1.20 bits per heavy atom. The van der Waals surface area contributed by atoms with Gasteiger partial charge in [0.05, 0.1) is 54.1 Å². The Bertz CT molecular complexity index is 2030. The molecule has 4 aromatic rings. The summed E-state index contributed by atoms with van der Waals surface area (Å²) in [5, 5.41) is 8.14. The zero-order chi connectivity index (χ0) is 38.1. The molecule has 1 aromatic carbocycles. The van der Waals surface area contributed by atoms with Gasteiger partial charge in [-0.15, -0.1) is 11.3 Å². The van der Waals surface area contributed by atoms with Crippen LogP contribution in [0.25, 0.3) is 33.4 Å². The number of rotatable bonds is 6. The maximum absolute atomic E-state index is 14.2. The van der Waals surface area contributed by atoms with E-state index < -0.39 is 41.6 Å². The standard InChI is InChI=1S/C40H50N6O7S/c1-7-45-32-13-12-25-18-27(32)28(35(45)26-10-8-14-41-34(26)23(2)50-6)20-40(4,5)22-53-39(49)29-11-9-15-46(44-29)38(48)30(19-33-42-31(25)21-54-33)43-37(47)36-24(3)51-16-17-52-36/h8,10,12-14,18,21,23-24,29-30,36,44H,7,9,11,15-17,19-20,22H2,1-6H3,(H,43,47)/t23-,24+,29-,30-,36+/m0/s1. The summed E-state index contributed by atoms with van der Waals surface area (Å²) in [4.78, 5) is 51.2. The van der Waals surface area contributed by atoms with E-state index >= 15 is 0 Å². The second-order valence-corrected chi connectivity index (χ2v) is 16.1. The maximum atomic E-state index is 14.2. The summed E-state index contributed by atoms with van der Waals surface area (Å²) in [6, 6.07) is 8.79. The molecule has 54 heavy (non-hydrogen) atoms. The third kappa shape index (κ3) is 7.67. The molecule has 6 bridgehead atoms. The van der Waals surface area contributed by atoms with Gasteiger partial charge in [-0.2, -0.15) is 0 Å². The van der Waals surface area contributed by atoms with Gasteiger partial charge in [-0.1, -0.05) is 19.9 Å². The lowest BCUT2D eigenvalue weighted by Gasteiger charge is -2.36. The molecule has 7 rings (SSSR count). The lowest BCUT2D eigenvalue weighted by Crippen LogP contribution is -2.61. The van der Waals surface area contributed by atoms with E-state index in [1.807, 2.05) is 18.4 Å². The van der Waals surface area contributed by atoms with Crippen LogP contribution in [-0.4, -0.2) is 95.1 Å². The summed E-state index contributed by atoms with van der Waals surface area (Å²) in [5.74, 6) is -1.21. The molecule has 0 aliphatic carbocycles. The van der Waals surface area contributed by atoms with Gasteiger partial charge in [0, 0.05) is 65.6 Å². The molecule has 5 atom stereocenters. The van der Waals surface area contributed by atoms with E-state index in [-0.39, 0.29) is 31.6 Å². The van der Waals surface area contributed by atoms with Crippen molar-refractivity contribution in [2.24, 2.45) is 5.41 Å². The predicted molar refractivity (Wildman–Crippen MR) is 204 cm³/mol. The molecule has 6 heterocycles. The number of hydrogen-bond donors (Lipinski definition) is 2. The molecule has 3 aliphatic heterocycles. The number of nitrogens with zero attached hydrogens (tertiary/aromatic N) is 4. The minimum absolute atomic E-state index is 0.157. The van der Waals surface area contributed by atoms with Crippen molar-refractivity contribution in [2.45, 2.75) is 97.2 Å². The van der Waals surface area contributed by atoms with Crippen molar-refractivity contribution >= 4 is 40.0 Å². The molecule has 0 unspecified atom stereocenters. The highest BCUT2D eigenvalue weighted by Gasteiger charge is 2.38. The largest absolute Gasteiger partial charge is 0.464 e. The minimum atomic E-state index is -0.965. The van der Waals surface area contributed by atoms with Gasteiger partial charge in [-0.3, -0.25) is 24.4 Å². The molecule has 0 spiro atoms. The minimum Gasteiger partial charge on any atom is -0.464 e. The van der Waals surface area contributed by atoms with Crippen LogP contribution in [0.5, 0.6) is 0 Å². The highest BCUT2D eigenvalue weighted by atomic mass is 32.1. The highest BCUT2D eigenvalue weighted by Crippen LogP contribution is 2.42. The Labute approximate surface area is 319 Å². The van der Waals surface area contributed by atoms with Crippen LogP contribution in [0.1, 0.15) is 69.8 Å². The first kappa shape index (κ1) is 38.1. The summed E-state index contributed by atoms with van der Waals surface area (Å²) in [6.07, 6.45) is 2.12. The Balaban J connectivity index is 1.34. The first-order valence-corrected chi connectivity index (χ1v) is 19.7. The van der Waals surface area contributed by atoms with Gasteiger partial charge in [0.1, 0.15) is 12.1 Å². The Kier molecular flexibility index (Phi) is 11.2. The number of carbonyl (C=O) groups excluding carboxylic acids is 3. The third-order valence-corrected chi connectivity index (χ3v) is 11.5. The number of methoxy groups -OCH3 is 1. The van der Waals surface area contributed by atoms with Crippen LogP contribution < -0.4 is 10.7 Å². The first-order valence-electron chi connectivity index (χ1n) is 18.8. The number of ether oxygens (including phenoxy) is 4. The molecular weight excluding hydrogens is 709 g/mol. The van der Waals surface area contributed by atoms with Gasteiger partial charge >= 0.3 is 5.97 Å². The van der Waals surface area contributed by atoms with E-state index in [1.54, 1.807) is 20.2 Å². The number of thiazole rings is 1. The fourth-order valence-electron chi connectivity index (χ4n) is 7.74. The normalized spacial score (nSPS) is 24.1. The van der Waals surface area contributed by atoms with Gasteiger partial charge in [-0.25, -0.2) is 10.4 Å². The first-order chi connectivity index (χ1) is 26.0. The third-order valence-electron chi connectivity index (χ3n) is 10.6. The number of benzene rings is 1. The topological polar surface area (TPSA) is 146 Å². The van der Waals surface area contributed by atoms with Crippen LogP contribution >= 0.6 is 11.3 Å². The molecule has 0 radical (unpaired) electrons. The zero-order valence-electron chi connectivity index (χ0n) is 31.8. The lowest BCUT2D eigenvalue weighted by atomic mass is 9.84. The van der Waals surface area contributed by atoms with Crippen molar-refractivity contribution in [1.82, 2.24) is 30.3 Å². The molecular formula is C40H50N6O7S. The monoisotopic (exact) mass is 758 g/mol. The second kappa shape index (κ2) is 15.9. The number of carbonyl (C=O) groups is 3. The Hall–Kier alpha value is -4.21. The van der Waals surface area contributed by atoms with Crippen LogP contribution in [0, 0.1) is 5.41 Å². The predicted octanol–water partition coefficient (Wildman–Crippen LogP) is 5.01. The SMILES string of the molecule is CCn1c(-c2cccnc2[C@H](C)OC)c2c3cc(ccc31)-c1csc(n1)C[C@H](NC(=O)[C@@H]1OCCO[C@@H]1C)C(=O)N1CCC[C@H](N1)C(=O)OCC(C)(C)C2. The number of pyridine rings is 1. The lowest BCUT2D eigenvalue weighted by molar-refractivity contribution is -0.164. The number of cyclic esters (lactones) is 1. The van der Waals surface area contributed by atoms with Gasteiger partial charge in [0.2, 0.25) is 0 Å². The van der Waals surface area contributed by atoms with Crippen LogP contribution in [0.15, 0.2) is 41.9 Å². The molecule has 14 heteroatoms. The van der Waals surface area contributed by atoms with Gasteiger partial charge < -0.3 is 28.8 Å². The number of hydrazine groups is 1. The van der Waals surface area contributed by atoms with Crippen molar-refractivity contribution in [3.05, 3.63) is 58.2 Å². The molecule has 13 nitrogen and oxygen atoms in total. The number of aryl methyl sites for hydroxylation is 1. The average Bonchev–Trinajstić information content (AvgIpc) is 3.77. The van der Waals surface area contributed by atoms with E-state index in [1.165, 1.54) is 16.3 Å². The summed E-state index contributed by atoms with van der Waals surface area (Å²) in [7, 11) is 1.69. The summed E-state index contributed by atoms with van der Waals surface area (Å²) < 4.78 is 25.6. The van der Waals surface area contributed by atoms with E-state index in [4.69, 9.17) is 28.9 Å². The van der Waals surface area contributed by atoms with Crippen LogP contribution in [0.2, 0.25) is 0 Å². The van der Waals surface area contributed by atoms with Crippen LogP contribution in [-0.2, 0) is 52.7 Å². The van der Waals surface area contributed by atoms with E-state index in [0.717, 1.165) is 51.2 Å². The summed E-state index contributed by atoms with van der Waals surface area (Å²) in [5.41, 5.74) is 9.48. The number of esters is 1. The summed E-state index contributed by atoms with van der Waals surface area (Å²) in [6.45, 7) is 12.1. The zero-order valence-corrected chi connectivity index (χ0v) is 32.7. The highest BCUT2D eigenvalue weighted by molar-refractivity contribution is 7.10. The molecule has 2 N–H and O–H groups in total. The fourth-order valence-corrected chi connectivity index (χ4v) is 8.59. The van der Waals surface area contributed by atoms with Crippen molar-refractivity contribution < 1.29 is 33.3 Å². The van der Waals surface area contributed by atoms with Crippen molar-refractivity contribution in [2.75, 3.05) is 33.5 Å². The van der Waals surface area contributed by atoms with Gasteiger partial charge in [-0.05, 0) is 69.9 Å². The molecule has 3 aromatic heterocycles. The van der Waals surface area contributed by atoms with E-state index in [2.05, 4.69) is 60.3 Å². The maximum Gasteiger partial charge on any atom is 0.324 e. The molecule has 288 valence electrons. The number of fused-ring (bicyclic) bond motifs is 6. The average molecular weight is 759 g/mol. The number of hydrogen-bond acceptors (Lipinski definition) is 11. The molecule has 2 saturated heterocycles. The molecule has 2 fully saturated rings. The van der Waals surface area contributed by atoms with Crippen molar-refractivity contribution in [1.29, 1.82) is 0 Å². The molecule has 3 aliphatic rings. The number of amides is 2. The number of aromatic nitrogens is 3. The quantitative estimate of drug-likeness (QED) is 0.258. The second-order valence-electron chi connectivity index (χ2n) is 15.1. The van der Waals surface area contributed by atoms with Crippen molar-refractivity contribution in [3.8, 4) is 22.5 Å². The Morgan fingerprint density at radius 2 is 2.02 bits per heavy atom. The molecule has 0 saturated carbocycles. The van der Waals surface area contributed by atoms with E-state index in [0.29, 0.717) is 37.4 Å². The Morgan fingerprint density at radius 3 is 2.80 bits per heavy atom. The van der Waals surface area contributed by atoms with Crippen molar-refractivity contribution in [3.63, 3.8) is 0 Å². The van der Waals surface area contributed by atoms with E-state index in [9.17, 15) is 14.4 Å². The van der Waals surface area contributed by atoms with Crippen LogP contribution in [0.3, 0.4) is 0 Å². The van der Waals surface area contributed by atoms with Crippen LogP contribution in [0.4, 0.5) is 0 Å². The van der Waals surface area contributed by atoms with Gasteiger partial charge in [0.25, 0.3) is 11.8 Å². The smallest absolute Gasteiger partial charge is 0.324 e. The summed E-state index contributed by atoms with van der Waals surface area (Å²) >= 11 is 1.44. The fraction of sp³-hybridized carbons (Fsp3) is 0.525. The molecule has 2 amide bonds. The number of nitrogens with one attached hydrogen (secondary N) is 2. The van der Waals surface area contributed by atoms with Gasteiger partial charge in [0.15, 0.2) is 6.10 Å².